The van der Waals surface area contributed by atoms with E-state index < -0.39 is 0 Å². The number of nitrogens with zero attached hydrogens (tertiary/aromatic N) is 4. The number of benzene rings is 1. The molecule has 1 aromatic carbocycles. The van der Waals surface area contributed by atoms with Crippen molar-refractivity contribution in [3.63, 3.8) is 0 Å². The third-order valence-electron chi connectivity index (χ3n) is 4.43. The van der Waals surface area contributed by atoms with Gasteiger partial charge in [-0.2, -0.15) is 0 Å². The van der Waals surface area contributed by atoms with Gasteiger partial charge in [0.25, 0.3) is 0 Å². The number of nitrogens with two attached hydrogens (primary N) is 1. The van der Waals surface area contributed by atoms with Gasteiger partial charge in [-0.25, -0.2) is 9.98 Å². The number of aromatic nitrogens is 1. The summed E-state index contributed by atoms with van der Waals surface area (Å²) in [5.41, 5.74) is 8.61. The number of hydrogen-bond acceptors (Lipinski definition) is 5. The SMILES string of the molecule is CCCOCc1ccccc1CN=C(N)N1CCN(c2nccs2)CC1.I. The minimum atomic E-state index is 0. The molecule has 0 atom stereocenters. The van der Waals surface area contributed by atoms with Crippen LogP contribution in [0.4, 0.5) is 5.13 Å². The first-order chi connectivity index (χ1) is 12.8. The molecule has 6 nitrogen and oxygen atoms in total. The third-order valence-corrected chi connectivity index (χ3v) is 5.26. The normalized spacial score (nSPS) is 14.9. The number of guanidine groups is 1. The van der Waals surface area contributed by atoms with Gasteiger partial charge in [-0.15, -0.1) is 35.3 Å². The van der Waals surface area contributed by atoms with Crippen molar-refractivity contribution < 1.29 is 4.74 Å². The summed E-state index contributed by atoms with van der Waals surface area (Å²) >= 11 is 1.68. The number of rotatable bonds is 7. The fourth-order valence-corrected chi connectivity index (χ4v) is 3.64. The summed E-state index contributed by atoms with van der Waals surface area (Å²) in [6.45, 7) is 7.70. The molecule has 1 aliphatic rings. The molecule has 1 aromatic heterocycles. The molecule has 148 valence electrons. The number of thiazole rings is 1. The summed E-state index contributed by atoms with van der Waals surface area (Å²) in [5.74, 6) is 0.619. The van der Waals surface area contributed by atoms with Crippen molar-refractivity contribution in [3.8, 4) is 0 Å². The maximum absolute atomic E-state index is 6.25. The van der Waals surface area contributed by atoms with Crippen LogP contribution in [0.5, 0.6) is 0 Å². The lowest BCUT2D eigenvalue weighted by Gasteiger charge is -2.35. The van der Waals surface area contributed by atoms with Gasteiger partial charge < -0.3 is 20.3 Å². The summed E-state index contributed by atoms with van der Waals surface area (Å²) in [7, 11) is 0. The number of anilines is 1. The maximum Gasteiger partial charge on any atom is 0.191 e. The first-order valence-electron chi connectivity index (χ1n) is 9.11. The van der Waals surface area contributed by atoms with Crippen LogP contribution >= 0.6 is 35.3 Å². The molecule has 0 radical (unpaired) electrons. The Morgan fingerprint density at radius 1 is 1.22 bits per heavy atom. The van der Waals surface area contributed by atoms with Crippen LogP contribution in [-0.2, 0) is 17.9 Å². The molecular formula is C19H28IN5OS. The number of ether oxygens (including phenoxy) is 1. The topological polar surface area (TPSA) is 67.0 Å². The Morgan fingerprint density at radius 3 is 2.63 bits per heavy atom. The third kappa shape index (κ3) is 6.32. The zero-order chi connectivity index (χ0) is 18.2. The van der Waals surface area contributed by atoms with Crippen molar-refractivity contribution in [2.75, 3.05) is 37.7 Å². The van der Waals surface area contributed by atoms with Gasteiger partial charge in [0.05, 0.1) is 13.2 Å². The van der Waals surface area contributed by atoms with Crippen molar-refractivity contribution in [3.05, 3.63) is 47.0 Å². The van der Waals surface area contributed by atoms with Crippen LogP contribution < -0.4 is 10.6 Å². The van der Waals surface area contributed by atoms with E-state index in [1.807, 2.05) is 23.7 Å². The van der Waals surface area contributed by atoms with Crippen molar-refractivity contribution in [2.45, 2.75) is 26.5 Å². The van der Waals surface area contributed by atoms with Gasteiger partial charge in [0, 0.05) is 44.4 Å². The lowest BCUT2D eigenvalue weighted by molar-refractivity contribution is 0.121. The Morgan fingerprint density at radius 2 is 1.96 bits per heavy atom. The average molecular weight is 501 g/mol. The van der Waals surface area contributed by atoms with Gasteiger partial charge >= 0.3 is 0 Å². The van der Waals surface area contributed by atoms with Crippen LogP contribution in [0.3, 0.4) is 0 Å². The number of aliphatic imine (C=N–C) groups is 1. The second kappa shape index (κ2) is 11.5. The highest BCUT2D eigenvalue weighted by atomic mass is 127. The van der Waals surface area contributed by atoms with E-state index in [-0.39, 0.29) is 24.0 Å². The van der Waals surface area contributed by atoms with Gasteiger partial charge in [0.15, 0.2) is 11.1 Å². The van der Waals surface area contributed by atoms with E-state index in [4.69, 9.17) is 10.5 Å². The Balaban J connectivity index is 0.00000261. The van der Waals surface area contributed by atoms with Gasteiger partial charge in [-0.1, -0.05) is 31.2 Å². The predicted octanol–water partition coefficient (Wildman–Crippen LogP) is 3.32. The average Bonchev–Trinajstić information content (AvgIpc) is 3.22. The first kappa shape index (κ1) is 21.9. The molecule has 0 spiro atoms. The molecule has 1 saturated heterocycles. The zero-order valence-electron chi connectivity index (χ0n) is 15.7. The molecule has 27 heavy (non-hydrogen) atoms. The molecule has 0 unspecified atom stereocenters. The Kier molecular flexibility index (Phi) is 9.29. The molecule has 0 saturated carbocycles. The maximum atomic E-state index is 6.25. The summed E-state index contributed by atoms with van der Waals surface area (Å²) < 4.78 is 5.68. The summed E-state index contributed by atoms with van der Waals surface area (Å²) in [6.07, 6.45) is 2.88. The standard InChI is InChI=1S/C19H27N5OS.HI/c1-2-12-25-15-17-6-4-3-5-16(17)14-22-18(20)23-8-10-24(11-9-23)19-21-7-13-26-19;/h3-7,13H,2,8-12,14-15H2,1H3,(H2,20,22);1H. The summed E-state index contributed by atoms with van der Waals surface area (Å²) in [6, 6.07) is 8.28. The second-order valence-corrected chi connectivity index (χ2v) is 7.16. The van der Waals surface area contributed by atoms with Crippen LogP contribution in [0, 0.1) is 0 Å². The van der Waals surface area contributed by atoms with E-state index in [0.29, 0.717) is 19.1 Å². The summed E-state index contributed by atoms with van der Waals surface area (Å²) in [4.78, 5) is 13.5. The molecule has 2 N–H and O–H groups in total. The molecule has 2 aromatic rings. The number of halogens is 1. The van der Waals surface area contributed by atoms with Crippen molar-refractivity contribution in [1.82, 2.24) is 9.88 Å². The van der Waals surface area contributed by atoms with E-state index in [9.17, 15) is 0 Å². The minimum Gasteiger partial charge on any atom is -0.377 e. The fraction of sp³-hybridized carbons (Fsp3) is 0.474. The summed E-state index contributed by atoms with van der Waals surface area (Å²) in [5, 5.41) is 3.10. The highest BCUT2D eigenvalue weighted by Gasteiger charge is 2.19. The molecule has 0 amide bonds. The lowest BCUT2D eigenvalue weighted by atomic mass is 10.1. The molecule has 0 bridgehead atoms. The monoisotopic (exact) mass is 501 g/mol. The van der Waals surface area contributed by atoms with Crippen molar-refractivity contribution in [1.29, 1.82) is 0 Å². The Hall–Kier alpha value is -1.39. The second-order valence-electron chi connectivity index (χ2n) is 6.28. The molecule has 2 heterocycles. The lowest BCUT2D eigenvalue weighted by Crippen LogP contribution is -2.51. The van der Waals surface area contributed by atoms with E-state index in [2.05, 4.69) is 38.8 Å². The van der Waals surface area contributed by atoms with Crippen LogP contribution in [0.1, 0.15) is 24.5 Å². The van der Waals surface area contributed by atoms with Gasteiger partial charge in [-0.3, -0.25) is 0 Å². The fourth-order valence-electron chi connectivity index (χ4n) is 2.94. The molecule has 0 aliphatic carbocycles. The van der Waals surface area contributed by atoms with Gasteiger partial charge in [-0.05, 0) is 17.5 Å². The number of piperazine rings is 1. The Bertz CT molecular complexity index is 702. The first-order valence-corrected chi connectivity index (χ1v) is 9.99. The largest absolute Gasteiger partial charge is 0.377 e. The van der Waals surface area contributed by atoms with E-state index >= 15 is 0 Å². The number of hydrogen-bond donors (Lipinski definition) is 1. The molecule has 1 aliphatic heterocycles. The van der Waals surface area contributed by atoms with Gasteiger partial charge in [0.2, 0.25) is 0 Å². The van der Waals surface area contributed by atoms with E-state index in [0.717, 1.165) is 44.3 Å². The van der Waals surface area contributed by atoms with Crippen LogP contribution in [0.25, 0.3) is 0 Å². The van der Waals surface area contributed by atoms with Crippen LogP contribution in [0.15, 0.2) is 40.8 Å². The van der Waals surface area contributed by atoms with Crippen molar-refractivity contribution in [2.24, 2.45) is 10.7 Å². The molecule has 3 rings (SSSR count). The van der Waals surface area contributed by atoms with E-state index in [1.165, 1.54) is 11.1 Å². The van der Waals surface area contributed by atoms with E-state index in [1.54, 1.807) is 11.3 Å². The highest BCUT2D eigenvalue weighted by molar-refractivity contribution is 14.0. The molecule has 1 fully saturated rings. The smallest absolute Gasteiger partial charge is 0.191 e. The zero-order valence-corrected chi connectivity index (χ0v) is 18.9. The minimum absolute atomic E-state index is 0. The van der Waals surface area contributed by atoms with Crippen molar-refractivity contribution >= 4 is 46.4 Å². The van der Waals surface area contributed by atoms with Crippen LogP contribution in [0.2, 0.25) is 0 Å². The molecule has 8 heteroatoms. The van der Waals surface area contributed by atoms with Gasteiger partial charge in [0.1, 0.15) is 0 Å². The quantitative estimate of drug-likeness (QED) is 0.273. The molecular weight excluding hydrogens is 473 g/mol. The van der Waals surface area contributed by atoms with Crippen LogP contribution in [-0.4, -0.2) is 48.6 Å². The highest BCUT2D eigenvalue weighted by Crippen LogP contribution is 2.19. The predicted molar refractivity (Wildman–Crippen MR) is 123 cm³/mol. The Labute approximate surface area is 182 Å².